The van der Waals surface area contributed by atoms with E-state index in [1.807, 2.05) is 5.38 Å². The molecule has 1 fully saturated rings. The van der Waals surface area contributed by atoms with Gasteiger partial charge < -0.3 is 15.1 Å². The fraction of sp³-hybridized carbons (Fsp3) is 0.294. The molecule has 4 rings (SSSR count). The minimum Gasteiger partial charge on any atom is -0.360 e. The van der Waals surface area contributed by atoms with Crippen molar-refractivity contribution < 1.29 is 4.90 Å². The number of aromatic nitrogens is 2. The lowest BCUT2D eigenvalue weighted by molar-refractivity contribution is -0.880. The predicted octanol–water partition coefficient (Wildman–Crippen LogP) is 1.77. The van der Waals surface area contributed by atoms with E-state index in [0.717, 1.165) is 34.8 Å². The number of nitrogens with zero attached hydrogens (tertiary/aromatic N) is 3. The predicted molar refractivity (Wildman–Crippen MR) is 96.0 cm³/mol. The van der Waals surface area contributed by atoms with Crippen molar-refractivity contribution in [2.45, 2.75) is 0 Å². The zero-order valence-corrected chi connectivity index (χ0v) is 13.9. The van der Waals surface area contributed by atoms with Crippen LogP contribution in [0.15, 0.2) is 42.0 Å². The number of hydrogen-bond acceptors (Lipinski definition) is 5. The molecule has 0 atom stereocenters. The van der Waals surface area contributed by atoms with Crippen LogP contribution in [0, 0.1) is 0 Å². The van der Waals surface area contributed by atoms with Crippen LogP contribution in [-0.2, 0) is 0 Å². The molecule has 5 nitrogen and oxygen atoms in total. The summed E-state index contributed by atoms with van der Waals surface area (Å²) < 4.78 is 0. The molecule has 3 heterocycles. The first-order valence-corrected chi connectivity index (χ1v) is 8.79. The highest BCUT2D eigenvalue weighted by Gasteiger charge is 2.16. The molecule has 1 saturated heterocycles. The Kier molecular flexibility index (Phi) is 3.85. The van der Waals surface area contributed by atoms with E-state index in [9.17, 15) is 0 Å². The Morgan fingerprint density at radius 2 is 1.87 bits per heavy atom. The molecule has 0 saturated carbocycles. The van der Waals surface area contributed by atoms with Crippen molar-refractivity contribution in [2.75, 3.05) is 43.4 Å². The van der Waals surface area contributed by atoms with Crippen LogP contribution in [0.4, 0.5) is 17.2 Å². The molecule has 0 radical (unpaired) electrons. The molecule has 118 valence electrons. The van der Waals surface area contributed by atoms with Crippen LogP contribution in [0.5, 0.6) is 0 Å². The molecule has 1 aliphatic heterocycles. The van der Waals surface area contributed by atoms with E-state index in [2.05, 4.69) is 57.6 Å². The largest absolute Gasteiger partial charge is 0.360 e. The van der Waals surface area contributed by atoms with Gasteiger partial charge in [-0.05, 0) is 35.7 Å². The van der Waals surface area contributed by atoms with E-state index in [1.165, 1.54) is 18.8 Å². The quantitative estimate of drug-likeness (QED) is 0.770. The number of quaternary nitrogens is 1. The summed E-state index contributed by atoms with van der Waals surface area (Å²) in [5.74, 6) is 0.868. The number of benzene rings is 1. The molecule has 0 bridgehead atoms. The SMILES string of the molecule is C[NH+]1CCN(c2ccc(Nc3ncnc4sccc34)cc2)CC1. The van der Waals surface area contributed by atoms with E-state index >= 15 is 0 Å². The Hall–Kier alpha value is -2.18. The zero-order valence-electron chi connectivity index (χ0n) is 13.1. The number of anilines is 3. The Morgan fingerprint density at radius 3 is 2.65 bits per heavy atom. The van der Waals surface area contributed by atoms with Gasteiger partial charge in [0.1, 0.15) is 17.0 Å². The first kappa shape index (κ1) is 14.4. The summed E-state index contributed by atoms with van der Waals surface area (Å²) in [6, 6.07) is 10.7. The Morgan fingerprint density at radius 1 is 1.09 bits per heavy atom. The Balaban J connectivity index is 1.51. The van der Waals surface area contributed by atoms with Crippen molar-refractivity contribution in [3.05, 3.63) is 42.0 Å². The van der Waals surface area contributed by atoms with Crippen LogP contribution in [0.3, 0.4) is 0 Å². The Bertz CT molecular complexity index is 790. The third-order valence-corrected chi connectivity index (χ3v) is 5.19. The van der Waals surface area contributed by atoms with Gasteiger partial charge in [0.05, 0.1) is 38.6 Å². The highest BCUT2D eigenvalue weighted by atomic mass is 32.1. The van der Waals surface area contributed by atoms with Gasteiger partial charge in [-0.1, -0.05) is 0 Å². The van der Waals surface area contributed by atoms with Gasteiger partial charge in [-0.15, -0.1) is 11.3 Å². The van der Waals surface area contributed by atoms with Crippen LogP contribution < -0.4 is 15.1 Å². The second kappa shape index (κ2) is 6.14. The molecule has 2 N–H and O–H groups in total. The van der Waals surface area contributed by atoms with E-state index in [-0.39, 0.29) is 0 Å². The van der Waals surface area contributed by atoms with Crippen molar-refractivity contribution >= 4 is 38.7 Å². The van der Waals surface area contributed by atoms with Gasteiger partial charge >= 0.3 is 0 Å². The second-order valence-electron chi connectivity index (χ2n) is 5.98. The molecule has 0 spiro atoms. The van der Waals surface area contributed by atoms with Gasteiger partial charge in [0.25, 0.3) is 0 Å². The number of rotatable bonds is 3. The number of hydrogen-bond donors (Lipinski definition) is 2. The fourth-order valence-corrected chi connectivity index (χ4v) is 3.66. The number of piperazine rings is 1. The molecule has 0 amide bonds. The molecular formula is C17H20N5S+. The molecule has 3 aromatic rings. The van der Waals surface area contributed by atoms with Gasteiger partial charge in [-0.25, -0.2) is 9.97 Å². The standard InChI is InChI=1S/C17H19N5S/c1-21-7-9-22(10-8-21)14-4-2-13(3-5-14)20-16-15-6-11-23-17(15)19-12-18-16/h2-6,11-12H,7-10H2,1H3,(H,18,19,20)/p+1. The van der Waals surface area contributed by atoms with Crippen molar-refractivity contribution in [1.29, 1.82) is 0 Å². The van der Waals surface area contributed by atoms with Gasteiger partial charge in [0.2, 0.25) is 0 Å². The third kappa shape index (κ3) is 3.00. The summed E-state index contributed by atoms with van der Waals surface area (Å²) in [5.41, 5.74) is 2.35. The summed E-state index contributed by atoms with van der Waals surface area (Å²) in [6.07, 6.45) is 1.61. The minimum atomic E-state index is 0.868. The van der Waals surface area contributed by atoms with Crippen LogP contribution in [0.25, 0.3) is 10.2 Å². The molecule has 23 heavy (non-hydrogen) atoms. The smallest absolute Gasteiger partial charge is 0.142 e. The maximum Gasteiger partial charge on any atom is 0.142 e. The minimum absolute atomic E-state index is 0.868. The highest BCUT2D eigenvalue weighted by molar-refractivity contribution is 7.16. The van der Waals surface area contributed by atoms with Crippen LogP contribution in [0.1, 0.15) is 0 Å². The number of fused-ring (bicyclic) bond motifs is 1. The van der Waals surface area contributed by atoms with E-state index in [4.69, 9.17) is 0 Å². The number of nitrogens with one attached hydrogen (secondary N) is 2. The maximum absolute atomic E-state index is 4.37. The van der Waals surface area contributed by atoms with E-state index in [1.54, 1.807) is 22.6 Å². The first-order chi connectivity index (χ1) is 11.3. The fourth-order valence-electron chi connectivity index (χ4n) is 2.93. The van der Waals surface area contributed by atoms with Crippen molar-refractivity contribution in [2.24, 2.45) is 0 Å². The van der Waals surface area contributed by atoms with E-state index < -0.39 is 0 Å². The maximum atomic E-state index is 4.37. The summed E-state index contributed by atoms with van der Waals surface area (Å²) in [4.78, 5) is 13.7. The number of thiophene rings is 1. The summed E-state index contributed by atoms with van der Waals surface area (Å²) in [7, 11) is 2.26. The summed E-state index contributed by atoms with van der Waals surface area (Å²) in [6.45, 7) is 4.66. The van der Waals surface area contributed by atoms with Gasteiger partial charge in [-0.2, -0.15) is 0 Å². The monoisotopic (exact) mass is 326 g/mol. The zero-order chi connectivity index (χ0) is 15.6. The lowest BCUT2D eigenvalue weighted by Crippen LogP contribution is -3.12. The molecule has 2 aromatic heterocycles. The van der Waals surface area contributed by atoms with E-state index in [0.29, 0.717) is 0 Å². The Labute approximate surface area is 139 Å². The van der Waals surface area contributed by atoms with Crippen LogP contribution in [0.2, 0.25) is 0 Å². The summed E-state index contributed by atoms with van der Waals surface area (Å²) >= 11 is 1.63. The topological polar surface area (TPSA) is 45.5 Å². The van der Waals surface area contributed by atoms with Crippen molar-refractivity contribution in [3.8, 4) is 0 Å². The van der Waals surface area contributed by atoms with Crippen molar-refractivity contribution in [1.82, 2.24) is 9.97 Å². The molecule has 6 heteroatoms. The lowest BCUT2D eigenvalue weighted by atomic mass is 10.2. The van der Waals surface area contributed by atoms with Gasteiger partial charge in [0, 0.05) is 11.4 Å². The molecule has 1 aliphatic rings. The lowest BCUT2D eigenvalue weighted by Gasteiger charge is -2.31. The summed E-state index contributed by atoms with van der Waals surface area (Å²) in [5, 5.41) is 6.52. The second-order valence-corrected chi connectivity index (χ2v) is 6.87. The highest BCUT2D eigenvalue weighted by Crippen LogP contribution is 2.27. The average molecular weight is 326 g/mol. The first-order valence-electron chi connectivity index (χ1n) is 7.91. The van der Waals surface area contributed by atoms with Gasteiger partial charge in [-0.3, -0.25) is 0 Å². The molecule has 0 unspecified atom stereocenters. The molecule has 0 aliphatic carbocycles. The van der Waals surface area contributed by atoms with Gasteiger partial charge in [0.15, 0.2) is 0 Å². The van der Waals surface area contributed by atoms with Crippen molar-refractivity contribution in [3.63, 3.8) is 0 Å². The third-order valence-electron chi connectivity index (χ3n) is 4.37. The van der Waals surface area contributed by atoms with Crippen LogP contribution >= 0.6 is 11.3 Å². The molecule has 1 aromatic carbocycles. The normalized spacial score (nSPS) is 16.0. The van der Waals surface area contributed by atoms with Crippen LogP contribution in [-0.4, -0.2) is 43.2 Å². The average Bonchev–Trinajstić information content (AvgIpc) is 3.06. The number of likely N-dealkylation sites (N-methyl/N-ethyl adjacent to an activating group) is 1. The molecular weight excluding hydrogens is 306 g/mol.